The molecule has 0 saturated carbocycles. The number of hydrogen-bond donors (Lipinski definition) is 0. The number of para-hydroxylation sites is 1. The fourth-order valence-corrected chi connectivity index (χ4v) is 5.11. The first-order chi connectivity index (χ1) is 14.1. The zero-order valence-corrected chi connectivity index (χ0v) is 17.0. The van der Waals surface area contributed by atoms with Gasteiger partial charge in [0.05, 0.1) is 16.6 Å². The third kappa shape index (κ3) is 3.10. The van der Waals surface area contributed by atoms with Crippen LogP contribution in [0, 0.1) is 6.92 Å². The largest absolute Gasteiger partial charge is 0.426 e. The average Bonchev–Trinajstić information content (AvgIpc) is 2.90. The summed E-state index contributed by atoms with van der Waals surface area (Å²) in [5.41, 5.74) is 7.11. The zero-order chi connectivity index (χ0) is 20.0. The first-order valence-electron chi connectivity index (χ1n) is 9.55. The number of aryl methyl sites for hydroxylation is 1. The van der Waals surface area contributed by atoms with Crippen LogP contribution in [0.5, 0.6) is 0 Å². The molecule has 5 rings (SSSR count). The van der Waals surface area contributed by atoms with Gasteiger partial charge in [-0.15, -0.1) is 11.8 Å². The van der Waals surface area contributed by atoms with Crippen molar-refractivity contribution in [1.82, 2.24) is 0 Å². The molecular weight excluding hydrogens is 378 g/mol. The predicted molar refractivity (Wildman–Crippen MR) is 118 cm³/mol. The third-order valence-corrected chi connectivity index (χ3v) is 6.50. The Bertz CT molecular complexity index is 1190. The molecular formula is C25H19NO2S. The molecule has 3 aromatic rings. The summed E-state index contributed by atoms with van der Waals surface area (Å²) in [5, 5.41) is -0.0280. The molecule has 0 unspecified atom stereocenters. The Labute approximate surface area is 174 Å². The number of ether oxygens (including phenoxy) is 1. The number of fused-ring (bicyclic) bond motifs is 4. The number of hydrogen-bond acceptors (Lipinski definition) is 4. The molecule has 0 N–H and O–H groups in total. The minimum absolute atomic E-state index is 0.0280. The van der Waals surface area contributed by atoms with Crippen molar-refractivity contribution in [2.75, 3.05) is 0 Å². The highest BCUT2D eigenvalue weighted by Crippen LogP contribution is 2.53. The number of esters is 1. The van der Waals surface area contributed by atoms with Crippen LogP contribution in [0.15, 0.2) is 88.3 Å². The van der Waals surface area contributed by atoms with E-state index in [2.05, 4.69) is 43.3 Å². The van der Waals surface area contributed by atoms with Crippen LogP contribution in [-0.2, 0) is 9.53 Å². The van der Waals surface area contributed by atoms with Crippen LogP contribution in [0.2, 0.25) is 0 Å². The molecule has 0 radical (unpaired) electrons. The molecule has 4 heteroatoms. The van der Waals surface area contributed by atoms with Crippen LogP contribution < -0.4 is 0 Å². The van der Waals surface area contributed by atoms with E-state index in [9.17, 15) is 4.79 Å². The van der Waals surface area contributed by atoms with E-state index in [0.29, 0.717) is 5.76 Å². The summed E-state index contributed by atoms with van der Waals surface area (Å²) < 4.78 is 5.78. The van der Waals surface area contributed by atoms with Crippen molar-refractivity contribution < 1.29 is 9.53 Å². The lowest BCUT2D eigenvalue weighted by Gasteiger charge is -2.19. The lowest BCUT2D eigenvalue weighted by atomic mass is 9.99. The van der Waals surface area contributed by atoms with Gasteiger partial charge in [-0.2, -0.15) is 0 Å². The van der Waals surface area contributed by atoms with Gasteiger partial charge in [-0.3, -0.25) is 4.79 Å². The van der Waals surface area contributed by atoms with Crippen LogP contribution in [0.4, 0.5) is 5.69 Å². The SMILES string of the molecule is CC(=O)OC1=C2C(=Nc3ccccc3S[C@H]2c2ccc(C)cc2)c2ccccc21. The van der Waals surface area contributed by atoms with E-state index >= 15 is 0 Å². The number of aliphatic imine (C=N–C) groups is 1. The minimum Gasteiger partial charge on any atom is -0.426 e. The van der Waals surface area contributed by atoms with Crippen LogP contribution in [0.3, 0.4) is 0 Å². The third-order valence-electron chi connectivity index (χ3n) is 5.16. The molecule has 0 amide bonds. The minimum atomic E-state index is -0.321. The molecule has 1 aliphatic carbocycles. The van der Waals surface area contributed by atoms with Crippen molar-refractivity contribution in [3.8, 4) is 0 Å². The van der Waals surface area contributed by atoms with Crippen molar-refractivity contribution in [3.63, 3.8) is 0 Å². The first-order valence-corrected chi connectivity index (χ1v) is 10.4. The number of benzene rings is 3. The molecule has 0 bridgehead atoms. The average molecular weight is 397 g/mol. The van der Waals surface area contributed by atoms with Gasteiger partial charge in [0.15, 0.2) is 0 Å². The molecule has 0 spiro atoms. The van der Waals surface area contributed by atoms with Gasteiger partial charge in [-0.25, -0.2) is 4.99 Å². The molecule has 2 aliphatic rings. The molecule has 1 atom stereocenters. The van der Waals surface area contributed by atoms with Crippen LogP contribution in [-0.4, -0.2) is 11.7 Å². The second-order valence-electron chi connectivity index (χ2n) is 7.22. The smallest absolute Gasteiger partial charge is 0.308 e. The Kier molecular flexibility index (Phi) is 4.36. The van der Waals surface area contributed by atoms with Gasteiger partial charge in [0.2, 0.25) is 0 Å². The zero-order valence-electron chi connectivity index (χ0n) is 16.2. The lowest BCUT2D eigenvalue weighted by molar-refractivity contribution is -0.134. The van der Waals surface area contributed by atoms with Crippen molar-refractivity contribution in [2.24, 2.45) is 4.99 Å². The lowest BCUT2D eigenvalue weighted by Crippen LogP contribution is -2.08. The second-order valence-corrected chi connectivity index (χ2v) is 8.37. The molecule has 1 heterocycles. The number of thioether (sulfide) groups is 1. The molecule has 3 nitrogen and oxygen atoms in total. The van der Waals surface area contributed by atoms with E-state index in [4.69, 9.17) is 9.73 Å². The van der Waals surface area contributed by atoms with Crippen molar-refractivity contribution in [2.45, 2.75) is 24.0 Å². The Morgan fingerprint density at radius 3 is 2.38 bits per heavy atom. The summed E-state index contributed by atoms with van der Waals surface area (Å²) in [5.74, 6) is 0.302. The normalized spacial score (nSPS) is 17.0. The van der Waals surface area contributed by atoms with E-state index < -0.39 is 0 Å². The number of carbonyl (C=O) groups is 1. The van der Waals surface area contributed by atoms with Gasteiger partial charge in [0, 0.05) is 28.5 Å². The predicted octanol–water partition coefficient (Wildman–Crippen LogP) is 6.25. The van der Waals surface area contributed by atoms with E-state index in [-0.39, 0.29) is 11.2 Å². The monoisotopic (exact) mass is 397 g/mol. The topological polar surface area (TPSA) is 38.7 Å². The maximum atomic E-state index is 12.0. The van der Waals surface area contributed by atoms with Gasteiger partial charge < -0.3 is 4.74 Å². The van der Waals surface area contributed by atoms with Gasteiger partial charge in [-0.1, -0.05) is 66.2 Å². The molecule has 29 heavy (non-hydrogen) atoms. The summed E-state index contributed by atoms with van der Waals surface area (Å²) >= 11 is 1.75. The highest BCUT2D eigenvalue weighted by atomic mass is 32.2. The Morgan fingerprint density at radius 2 is 1.62 bits per heavy atom. The summed E-state index contributed by atoms with van der Waals surface area (Å²) in [7, 11) is 0. The van der Waals surface area contributed by atoms with Crippen LogP contribution >= 0.6 is 11.8 Å². The number of carbonyl (C=O) groups excluding carboxylic acids is 1. The van der Waals surface area contributed by atoms with E-state index in [1.807, 2.05) is 36.4 Å². The maximum Gasteiger partial charge on any atom is 0.308 e. The molecule has 1 aliphatic heterocycles. The molecule has 0 aromatic heterocycles. The summed E-state index contributed by atoms with van der Waals surface area (Å²) in [4.78, 5) is 18.1. The van der Waals surface area contributed by atoms with Gasteiger partial charge in [0.1, 0.15) is 5.76 Å². The van der Waals surface area contributed by atoms with Crippen LogP contribution in [0.1, 0.15) is 34.4 Å². The highest BCUT2D eigenvalue weighted by molar-refractivity contribution is 8.00. The summed E-state index contributed by atoms with van der Waals surface area (Å²) in [6.45, 7) is 3.53. The number of nitrogens with zero attached hydrogens (tertiary/aromatic N) is 1. The summed E-state index contributed by atoms with van der Waals surface area (Å²) in [6.07, 6.45) is 0. The van der Waals surface area contributed by atoms with Gasteiger partial charge in [0.25, 0.3) is 0 Å². The Balaban J connectivity index is 1.81. The molecule has 3 aromatic carbocycles. The van der Waals surface area contributed by atoms with Crippen molar-refractivity contribution in [1.29, 1.82) is 0 Å². The molecule has 0 fully saturated rings. The van der Waals surface area contributed by atoms with Crippen molar-refractivity contribution in [3.05, 3.63) is 101 Å². The molecule has 0 saturated heterocycles. The number of rotatable bonds is 2. The fraction of sp³-hybridized carbons (Fsp3) is 0.120. The van der Waals surface area contributed by atoms with Crippen LogP contribution in [0.25, 0.3) is 5.76 Å². The standard InChI is InChI=1S/C25H19NO2S/c1-15-11-13-17(14-12-15)25-22-23(26-20-9-5-6-10-21(20)29-25)18-7-3-4-8-19(18)24(22)28-16(2)27/h3-14,25H,1-2H3/t25-/m0/s1. The fourth-order valence-electron chi connectivity index (χ4n) is 3.83. The van der Waals surface area contributed by atoms with Gasteiger partial charge in [-0.05, 0) is 24.6 Å². The quantitative estimate of drug-likeness (QED) is 0.480. The Hall–Kier alpha value is -3.11. The van der Waals surface area contributed by atoms with E-state index in [1.165, 1.54) is 12.5 Å². The van der Waals surface area contributed by atoms with E-state index in [1.54, 1.807) is 11.8 Å². The summed E-state index contributed by atoms with van der Waals surface area (Å²) in [6, 6.07) is 24.8. The van der Waals surface area contributed by atoms with Crippen molar-refractivity contribution >= 4 is 34.9 Å². The van der Waals surface area contributed by atoms with Gasteiger partial charge >= 0.3 is 5.97 Å². The molecule has 142 valence electrons. The Morgan fingerprint density at radius 1 is 0.931 bits per heavy atom. The maximum absolute atomic E-state index is 12.0. The second kappa shape index (κ2) is 7.05. The first kappa shape index (κ1) is 18.0. The van der Waals surface area contributed by atoms with E-state index in [0.717, 1.165) is 38.6 Å². The highest BCUT2D eigenvalue weighted by Gasteiger charge is 2.38.